The van der Waals surface area contributed by atoms with Crippen molar-refractivity contribution in [2.75, 3.05) is 16.6 Å². The quantitative estimate of drug-likeness (QED) is 0.777. The van der Waals surface area contributed by atoms with Gasteiger partial charge in [-0.3, -0.25) is 9.10 Å². The minimum atomic E-state index is -3.28. The molecule has 0 saturated carbocycles. The Bertz CT molecular complexity index is 670. The van der Waals surface area contributed by atoms with Crippen molar-refractivity contribution in [3.05, 3.63) is 29.3 Å². The number of hydrogen-bond acceptors (Lipinski definition) is 3. The number of anilines is 1. The molecule has 0 unspecified atom stereocenters. The van der Waals surface area contributed by atoms with E-state index in [2.05, 4.69) is 12.2 Å². The molecule has 1 aromatic carbocycles. The molecule has 0 radical (unpaired) electrons. The lowest BCUT2D eigenvalue weighted by molar-refractivity contribution is 0.0953. The number of fused-ring (bicyclic) bond motifs is 1. The molecule has 0 saturated heterocycles. The summed E-state index contributed by atoms with van der Waals surface area (Å²) in [6.45, 7) is 6.35. The number of carbonyl (C=O) groups is 1. The monoisotopic (exact) mass is 338 g/mol. The van der Waals surface area contributed by atoms with Crippen molar-refractivity contribution in [3.8, 4) is 0 Å². The number of rotatable bonds is 7. The van der Waals surface area contributed by atoms with E-state index in [1.807, 2.05) is 13.0 Å². The van der Waals surface area contributed by atoms with E-state index < -0.39 is 10.0 Å². The Morgan fingerprint density at radius 1 is 1.30 bits per heavy atom. The molecule has 1 heterocycles. The summed E-state index contributed by atoms with van der Waals surface area (Å²) in [5, 5.41) is 2.92. The zero-order valence-corrected chi connectivity index (χ0v) is 14.9. The number of nitrogens with one attached hydrogen (secondary N) is 1. The van der Waals surface area contributed by atoms with Crippen LogP contribution in [0.25, 0.3) is 0 Å². The number of carbonyl (C=O) groups excluding carboxylic acids is 1. The first-order chi connectivity index (χ1) is 10.9. The summed E-state index contributed by atoms with van der Waals surface area (Å²) < 4.78 is 26.0. The van der Waals surface area contributed by atoms with E-state index in [4.69, 9.17) is 0 Å². The number of amides is 1. The topological polar surface area (TPSA) is 66.5 Å². The molecule has 1 atom stereocenters. The van der Waals surface area contributed by atoms with Crippen LogP contribution in [0.2, 0.25) is 0 Å². The van der Waals surface area contributed by atoms with Crippen LogP contribution in [-0.2, 0) is 16.4 Å². The second-order valence-electron chi connectivity index (χ2n) is 6.06. The fourth-order valence-corrected chi connectivity index (χ4v) is 4.36. The van der Waals surface area contributed by atoms with Crippen molar-refractivity contribution in [3.63, 3.8) is 0 Å². The van der Waals surface area contributed by atoms with Crippen LogP contribution in [-0.4, -0.2) is 32.7 Å². The minimum absolute atomic E-state index is 0.0798. The van der Waals surface area contributed by atoms with Crippen LogP contribution in [0.1, 0.15) is 56.0 Å². The van der Waals surface area contributed by atoms with Crippen molar-refractivity contribution in [2.24, 2.45) is 0 Å². The Labute approximate surface area is 139 Å². The molecular weight excluding hydrogens is 312 g/mol. The van der Waals surface area contributed by atoms with Gasteiger partial charge in [-0.15, -0.1) is 0 Å². The molecule has 128 valence electrons. The van der Waals surface area contributed by atoms with Crippen LogP contribution in [0.15, 0.2) is 18.2 Å². The van der Waals surface area contributed by atoms with E-state index in [1.54, 1.807) is 19.1 Å². The Morgan fingerprint density at radius 2 is 2.04 bits per heavy atom. The molecule has 1 aliphatic rings. The fraction of sp³-hybridized carbons (Fsp3) is 0.588. The van der Waals surface area contributed by atoms with Crippen molar-refractivity contribution < 1.29 is 13.2 Å². The number of nitrogens with zero attached hydrogens (tertiary/aromatic N) is 1. The van der Waals surface area contributed by atoms with E-state index in [0.717, 1.165) is 24.8 Å². The summed E-state index contributed by atoms with van der Waals surface area (Å²) in [6, 6.07) is 5.20. The predicted octanol–water partition coefficient (Wildman–Crippen LogP) is 2.71. The third-order valence-electron chi connectivity index (χ3n) is 4.23. The molecule has 2 rings (SSSR count). The maximum Gasteiger partial charge on any atom is 0.251 e. The maximum atomic E-state index is 12.2. The molecule has 6 heteroatoms. The summed E-state index contributed by atoms with van der Waals surface area (Å²) in [5.74, 6) is -0.00968. The van der Waals surface area contributed by atoms with E-state index in [0.29, 0.717) is 24.2 Å². The van der Waals surface area contributed by atoms with Gasteiger partial charge in [-0.2, -0.15) is 0 Å². The summed E-state index contributed by atoms with van der Waals surface area (Å²) in [7, 11) is -3.28. The van der Waals surface area contributed by atoms with Crippen LogP contribution in [0, 0.1) is 0 Å². The van der Waals surface area contributed by atoms with Gasteiger partial charge in [-0.25, -0.2) is 8.42 Å². The molecule has 5 nitrogen and oxygen atoms in total. The van der Waals surface area contributed by atoms with E-state index in [1.165, 1.54) is 4.31 Å². The van der Waals surface area contributed by atoms with Gasteiger partial charge in [-0.1, -0.05) is 19.8 Å². The predicted molar refractivity (Wildman–Crippen MR) is 93.4 cm³/mol. The van der Waals surface area contributed by atoms with Gasteiger partial charge in [0.25, 0.3) is 5.91 Å². The zero-order chi connectivity index (χ0) is 17.0. The first kappa shape index (κ1) is 17.8. The van der Waals surface area contributed by atoms with Gasteiger partial charge in [0.15, 0.2) is 0 Å². The Hall–Kier alpha value is -1.56. The highest BCUT2D eigenvalue weighted by atomic mass is 32.2. The fourth-order valence-electron chi connectivity index (χ4n) is 2.99. The maximum absolute atomic E-state index is 12.2. The second kappa shape index (κ2) is 7.34. The number of unbranched alkanes of at least 4 members (excludes halogenated alkanes) is 2. The van der Waals surface area contributed by atoms with Gasteiger partial charge in [0.1, 0.15) is 0 Å². The van der Waals surface area contributed by atoms with E-state index in [-0.39, 0.29) is 17.7 Å². The third kappa shape index (κ3) is 3.86. The van der Waals surface area contributed by atoms with Crippen molar-refractivity contribution in [1.29, 1.82) is 0 Å². The van der Waals surface area contributed by atoms with E-state index >= 15 is 0 Å². The van der Waals surface area contributed by atoms with Crippen LogP contribution in [0.4, 0.5) is 5.69 Å². The molecule has 1 aromatic rings. The molecule has 23 heavy (non-hydrogen) atoms. The van der Waals surface area contributed by atoms with Gasteiger partial charge in [-0.05, 0) is 50.5 Å². The lowest BCUT2D eigenvalue weighted by Gasteiger charge is -2.23. The number of sulfonamides is 1. The lowest BCUT2D eigenvalue weighted by atomic mass is 10.1. The smallest absolute Gasteiger partial charge is 0.251 e. The van der Waals surface area contributed by atoms with Gasteiger partial charge in [0.05, 0.1) is 11.4 Å². The third-order valence-corrected chi connectivity index (χ3v) is 6.11. The summed E-state index contributed by atoms with van der Waals surface area (Å²) in [4.78, 5) is 12.2. The molecule has 0 aromatic heterocycles. The summed E-state index contributed by atoms with van der Waals surface area (Å²) in [6.07, 6.45) is 3.85. The van der Waals surface area contributed by atoms with Crippen molar-refractivity contribution in [1.82, 2.24) is 5.32 Å². The highest BCUT2D eigenvalue weighted by molar-refractivity contribution is 7.92. The van der Waals surface area contributed by atoms with Crippen LogP contribution in [0.3, 0.4) is 0 Å². The van der Waals surface area contributed by atoms with Gasteiger partial charge < -0.3 is 5.32 Å². The number of hydrogen-bond donors (Lipinski definition) is 1. The Morgan fingerprint density at radius 3 is 2.70 bits per heavy atom. The minimum Gasteiger partial charge on any atom is -0.352 e. The highest BCUT2D eigenvalue weighted by Gasteiger charge is 2.34. The highest BCUT2D eigenvalue weighted by Crippen LogP contribution is 2.35. The normalized spacial score (nSPS) is 17.2. The largest absolute Gasteiger partial charge is 0.352 e. The SMILES string of the molecule is CCCCCNC(=O)c1ccc2c(c1)C[C@H](C)N2S(=O)(=O)CC. The van der Waals surface area contributed by atoms with E-state index in [9.17, 15) is 13.2 Å². The van der Waals surface area contributed by atoms with Crippen LogP contribution >= 0.6 is 0 Å². The van der Waals surface area contributed by atoms with Crippen molar-refractivity contribution in [2.45, 2.75) is 52.5 Å². The van der Waals surface area contributed by atoms with Gasteiger partial charge in [0.2, 0.25) is 10.0 Å². The Kier molecular flexibility index (Phi) is 5.68. The molecule has 0 fully saturated rings. The average Bonchev–Trinajstić information content (AvgIpc) is 2.86. The van der Waals surface area contributed by atoms with Gasteiger partial charge in [0, 0.05) is 18.2 Å². The van der Waals surface area contributed by atoms with Gasteiger partial charge >= 0.3 is 0 Å². The van der Waals surface area contributed by atoms with Crippen molar-refractivity contribution >= 4 is 21.6 Å². The average molecular weight is 338 g/mol. The standard InChI is InChI=1S/C17H26N2O3S/c1-4-6-7-10-18-17(20)14-8-9-16-15(12-14)11-13(3)19(16)23(21,22)5-2/h8-9,12-13H,4-7,10-11H2,1-3H3,(H,18,20)/t13-/m0/s1. The number of benzene rings is 1. The first-order valence-electron chi connectivity index (χ1n) is 8.34. The Balaban J connectivity index is 2.15. The first-order valence-corrected chi connectivity index (χ1v) is 9.94. The summed E-state index contributed by atoms with van der Waals surface area (Å²) in [5.41, 5.74) is 2.24. The van der Waals surface area contributed by atoms with Crippen LogP contribution in [0.5, 0.6) is 0 Å². The molecular formula is C17H26N2O3S. The second-order valence-corrected chi connectivity index (χ2v) is 8.19. The van der Waals surface area contributed by atoms with Crippen LogP contribution < -0.4 is 9.62 Å². The molecule has 0 bridgehead atoms. The molecule has 1 amide bonds. The molecule has 0 spiro atoms. The summed E-state index contributed by atoms with van der Waals surface area (Å²) >= 11 is 0. The molecule has 0 aliphatic carbocycles. The lowest BCUT2D eigenvalue weighted by Crippen LogP contribution is -2.36. The molecule has 1 N–H and O–H groups in total. The molecule has 1 aliphatic heterocycles. The zero-order valence-electron chi connectivity index (χ0n) is 14.1.